The van der Waals surface area contributed by atoms with Gasteiger partial charge >= 0.3 is 0 Å². The highest BCUT2D eigenvalue weighted by Crippen LogP contribution is 2.35. The Morgan fingerprint density at radius 3 is 2.20 bits per heavy atom. The Morgan fingerprint density at radius 1 is 1.20 bits per heavy atom. The number of carbonyl (C=O) groups is 1. The second kappa shape index (κ2) is 4.35. The molecule has 0 bridgehead atoms. The molecule has 0 heterocycles. The van der Waals surface area contributed by atoms with E-state index in [2.05, 4.69) is 15.9 Å². The predicted molar refractivity (Wildman–Crippen MR) is 64.6 cm³/mol. The highest BCUT2D eigenvalue weighted by atomic mass is 79.9. The molecule has 1 aromatic rings. The van der Waals surface area contributed by atoms with Crippen molar-refractivity contribution in [1.29, 1.82) is 0 Å². The van der Waals surface area contributed by atoms with Crippen LogP contribution in [0, 0.1) is 20.8 Å². The molecule has 1 rings (SSSR count). The van der Waals surface area contributed by atoms with Crippen LogP contribution in [0.15, 0.2) is 4.47 Å². The lowest BCUT2D eigenvalue weighted by atomic mass is 9.95. The van der Waals surface area contributed by atoms with Gasteiger partial charge in [0.15, 0.2) is 5.78 Å². The summed E-state index contributed by atoms with van der Waals surface area (Å²) in [5, 5.41) is 9.94. The molecule has 0 aliphatic rings. The van der Waals surface area contributed by atoms with Gasteiger partial charge in [-0.25, -0.2) is 0 Å². The van der Waals surface area contributed by atoms with Gasteiger partial charge in [0.25, 0.3) is 0 Å². The molecule has 15 heavy (non-hydrogen) atoms. The zero-order valence-electron chi connectivity index (χ0n) is 9.44. The maximum Gasteiger partial charge on any atom is 0.166 e. The molecule has 0 radical (unpaired) electrons. The molecule has 1 aromatic carbocycles. The monoisotopic (exact) mass is 270 g/mol. The summed E-state index contributed by atoms with van der Waals surface area (Å²) in [7, 11) is 0. The minimum atomic E-state index is -0.0196. The van der Waals surface area contributed by atoms with Crippen LogP contribution in [0.25, 0.3) is 0 Å². The third kappa shape index (κ3) is 1.93. The second-order valence-electron chi connectivity index (χ2n) is 3.69. The number of benzene rings is 1. The highest BCUT2D eigenvalue weighted by Gasteiger charge is 2.19. The molecule has 3 heteroatoms. The van der Waals surface area contributed by atoms with Crippen molar-refractivity contribution < 1.29 is 9.90 Å². The molecule has 0 amide bonds. The van der Waals surface area contributed by atoms with Crippen molar-refractivity contribution in [2.24, 2.45) is 0 Å². The number of carbonyl (C=O) groups excluding carboxylic acids is 1. The van der Waals surface area contributed by atoms with Crippen LogP contribution >= 0.6 is 15.9 Å². The number of halogens is 1. The summed E-state index contributed by atoms with van der Waals surface area (Å²) in [6, 6.07) is 0. The summed E-state index contributed by atoms with van der Waals surface area (Å²) < 4.78 is 0.912. The van der Waals surface area contributed by atoms with Gasteiger partial charge in [-0.05, 0) is 37.5 Å². The first-order valence-electron chi connectivity index (χ1n) is 4.93. The fourth-order valence-corrected chi connectivity index (χ4v) is 2.11. The summed E-state index contributed by atoms with van der Waals surface area (Å²) in [5.74, 6) is 0.105. The van der Waals surface area contributed by atoms with Crippen LogP contribution in [0.1, 0.15) is 40.4 Å². The van der Waals surface area contributed by atoms with Gasteiger partial charge in [-0.2, -0.15) is 0 Å². The number of phenols is 1. The highest BCUT2D eigenvalue weighted by molar-refractivity contribution is 9.10. The predicted octanol–water partition coefficient (Wildman–Crippen LogP) is 3.67. The Morgan fingerprint density at radius 2 is 1.73 bits per heavy atom. The van der Waals surface area contributed by atoms with Gasteiger partial charge in [0.05, 0.1) is 5.56 Å². The van der Waals surface area contributed by atoms with Crippen LogP contribution in [-0.4, -0.2) is 10.9 Å². The Labute approximate surface area is 98.4 Å². The lowest BCUT2D eigenvalue weighted by molar-refractivity contribution is 0.0984. The number of hydrogen-bond acceptors (Lipinski definition) is 2. The van der Waals surface area contributed by atoms with E-state index in [4.69, 9.17) is 0 Å². The van der Waals surface area contributed by atoms with Crippen LogP contribution in [-0.2, 0) is 0 Å². The molecule has 1 N–H and O–H groups in total. The molecule has 0 saturated carbocycles. The maximum absolute atomic E-state index is 11.7. The zero-order chi connectivity index (χ0) is 11.7. The maximum atomic E-state index is 11.7. The Hall–Kier alpha value is -0.830. The van der Waals surface area contributed by atoms with E-state index < -0.39 is 0 Å². The van der Waals surface area contributed by atoms with E-state index >= 15 is 0 Å². The number of phenolic OH excluding ortho intramolecular Hbond substituents is 1. The number of ketones is 1. The molecule has 0 aromatic heterocycles. The first-order chi connectivity index (χ1) is 6.91. The third-order valence-corrected chi connectivity index (χ3v) is 3.98. The fourth-order valence-electron chi connectivity index (χ4n) is 1.62. The molecule has 82 valence electrons. The van der Waals surface area contributed by atoms with Gasteiger partial charge in [-0.1, -0.05) is 22.9 Å². The zero-order valence-corrected chi connectivity index (χ0v) is 11.0. The van der Waals surface area contributed by atoms with E-state index in [1.54, 1.807) is 6.92 Å². The first-order valence-corrected chi connectivity index (χ1v) is 5.72. The van der Waals surface area contributed by atoms with E-state index in [0.717, 1.165) is 21.2 Å². The fraction of sp³-hybridized carbons (Fsp3) is 0.417. The summed E-state index contributed by atoms with van der Waals surface area (Å²) in [6.45, 7) is 7.39. The Balaban J connectivity index is 3.60. The third-order valence-electron chi connectivity index (χ3n) is 2.79. The average molecular weight is 271 g/mol. The minimum Gasteiger partial charge on any atom is -0.507 e. The molecule has 0 atom stereocenters. The van der Waals surface area contributed by atoms with Crippen LogP contribution < -0.4 is 0 Å². The Kier molecular flexibility index (Phi) is 3.55. The number of rotatable bonds is 2. The van der Waals surface area contributed by atoms with E-state index in [9.17, 15) is 9.90 Å². The normalized spacial score (nSPS) is 10.5. The molecule has 0 unspecified atom stereocenters. The van der Waals surface area contributed by atoms with Crippen molar-refractivity contribution in [3.05, 3.63) is 26.7 Å². The number of hydrogen-bond donors (Lipinski definition) is 1. The van der Waals surface area contributed by atoms with E-state index in [0.29, 0.717) is 12.0 Å². The van der Waals surface area contributed by atoms with Crippen LogP contribution in [0.5, 0.6) is 5.75 Å². The molecule has 0 aliphatic carbocycles. The SMILES string of the molecule is CCC(=O)c1c(C)c(Br)c(C)c(C)c1O. The van der Waals surface area contributed by atoms with Crippen molar-refractivity contribution in [3.63, 3.8) is 0 Å². The Bertz CT molecular complexity index is 393. The van der Waals surface area contributed by atoms with Crippen LogP contribution in [0.2, 0.25) is 0 Å². The van der Waals surface area contributed by atoms with E-state index in [-0.39, 0.29) is 11.5 Å². The lowest BCUT2D eigenvalue weighted by Gasteiger charge is -2.14. The van der Waals surface area contributed by atoms with E-state index in [1.165, 1.54) is 0 Å². The molecule has 0 saturated heterocycles. The van der Waals surface area contributed by atoms with Crippen molar-refractivity contribution in [2.45, 2.75) is 34.1 Å². The second-order valence-corrected chi connectivity index (χ2v) is 4.48. The molecular formula is C12H15BrO2. The smallest absolute Gasteiger partial charge is 0.166 e. The number of aromatic hydroxyl groups is 1. The molecule has 2 nitrogen and oxygen atoms in total. The van der Waals surface area contributed by atoms with Crippen LogP contribution in [0.4, 0.5) is 0 Å². The largest absolute Gasteiger partial charge is 0.507 e. The summed E-state index contributed by atoms with van der Waals surface area (Å²) in [4.78, 5) is 11.7. The van der Waals surface area contributed by atoms with Gasteiger partial charge in [-0.3, -0.25) is 4.79 Å². The standard InChI is InChI=1S/C12H15BrO2/c1-5-9(14)10-8(4)11(13)6(2)7(3)12(10)15/h15H,5H2,1-4H3. The minimum absolute atomic E-state index is 0.0196. The van der Waals surface area contributed by atoms with Gasteiger partial charge in [0, 0.05) is 10.9 Å². The molecule has 0 fully saturated rings. The summed E-state index contributed by atoms with van der Waals surface area (Å²) in [6.07, 6.45) is 0.406. The quantitative estimate of drug-likeness (QED) is 0.833. The molecule has 0 aliphatic heterocycles. The van der Waals surface area contributed by atoms with Gasteiger partial charge in [0.1, 0.15) is 5.75 Å². The van der Waals surface area contributed by atoms with Crippen molar-refractivity contribution in [2.75, 3.05) is 0 Å². The van der Waals surface area contributed by atoms with Crippen LogP contribution in [0.3, 0.4) is 0 Å². The van der Waals surface area contributed by atoms with Crippen molar-refractivity contribution in [3.8, 4) is 5.75 Å². The lowest BCUT2D eigenvalue weighted by Crippen LogP contribution is -2.04. The average Bonchev–Trinajstić information content (AvgIpc) is 2.23. The topological polar surface area (TPSA) is 37.3 Å². The van der Waals surface area contributed by atoms with Gasteiger partial charge in [-0.15, -0.1) is 0 Å². The van der Waals surface area contributed by atoms with Gasteiger partial charge < -0.3 is 5.11 Å². The first kappa shape index (κ1) is 12.2. The van der Waals surface area contributed by atoms with E-state index in [1.807, 2.05) is 20.8 Å². The molecular weight excluding hydrogens is 256 g/mol. The molecule has 0 spiro atoms. The summed E-state index contributed by atoms with van der Waals surface area (Å²) in [5.41, 5.74) is 3.02. The van der Waals surface area contributed by atoms with Gasteiger partial charge in [0.2, 0.25) is 0 Å². The van der Waals surface area contributed by atoms with Crippen molar-refractivity contribution >= 4 is 21.7 Å². The summed E-state index contributed by atoms with van der Waals surface area (Å²) >= 11 is 3.45. The van der Waals surface area contributed by atoms with Crippen molar-refractivity contribution in [1.82, 2.24) is 0 Å². The number of Topliss-reactive ketones (excluding diaryl/α,β-unsaturated/α-hetero) is 1.